The van der Waals surface area contributed by atoms with Gasteiger partial charge in [-0.2, -0.15) is 0 Å². The van der Waals surface area contributed by atoms with E-state index in [0.29, 0.717) is 6.61 Å². The Labute approximate surface area is 88.7 Å². The first-order valence-electron chi connectivity index (χ1n) is 5.17. The average molecular weight is 210 g/mol. The van der Waals surface area contributed by atoms with Gasteiger partial charge in [-0.05, 0) is 5.56 Å². The van der Waals surface area contributed by atoms with E-state index in [2.05, 4.69) is 0 Å². The summed E-state index contributed by atoms with van der Waals surface area (Å²) in [5.74, 6) is 0. The highest BCUT2D eigenvalue weighted by atomic mass is 19.1. The van der Waals surface area contributed by atoms with Gasteiger partial charge < -0.3 is 9.84 Å². The van der Waals surface area contributed by atoms with Gasteiger partial charge in [0.05, 0.1) is 19.3 Å². The summed E-state index contributed by atoms with van der Waals surface area (Å²) in [5, 5.41) is 9.00. The van der Waals surface area contributed by atoms with Gasteiger partial charge in [0.1, 0.15) is 5.67 Å². The molecule has 1 saturated carbocycles. The molecular weight excluding hydrogens is 195 g/mol. The van der Waals surface area contributed by atoms with Gasteiger partial charge >= 0.3 is 0 Å². The van der Waals surface area contributed by atoms with Crippen molar-refractivity contribution in [1.29, 1.82) is 0 Å². The molecule has 0 aromatic heterocycles. The van der Waals surface area contributed by atoms with Gasteiger partial charge in [-0.3, -0.25) is 0 Å². The van der Waals surface area contributed by atoms with E-state index in [1.807, 2.05) is 30.3 Å². The number of rotatable bonds is 4. The summed E-state index contributed by atoms with van der Waals surface area (Å²) in [6.07, 6.45) is -0.0563. The summed E-state index contributed by atoms with van der Waals surface area (Å²) >= 11 is 0. The van der Waals surface area contributed by atoms with Crippen LogP contribution in [0.15, 0.2) is 30.3 Å². The Morgan fingerprint density at radius 2 is 2.00 bits per heavy atom. The molecule has 1 aliphatic rings. The second-order valence-corrected chi connectivity index (χ2v) is 4.19. The van der Waals surface area contributed by atoms with Crippen molar-refractivity contribution in [3.8, 4) is 0 Å². The van der Waals surface area contributed by atoms with Crippen molar-refractivity contribution < 1.29 is 14.2 Å². The molecule has 1 fully saturated rings. The molecule has 0 aliphatic heterocycles. The van der Waals surface area contributed by atoms with Crippen molar-refractivity contribution in [2.75, 3.05) is 6.61 Å². The molecule has 1 aromatic rings. The summed E-state index contributed by atoms with van der Waals surface area (Å²) in [5.41, 5.74) is -0.255. The van der Waals surface area contributed by atoms with E-state index in [4.69, 9.17) is 9.84 Å². The van der Waals surface area contributed by atoms with Crippen molar-refractivity contribution in [2.24, 2.45) is 0 Å². The number of ether oxygens (including phenoxy) is 1. The average Bonchev–Trinajstić information content (AvgIpc) is 2.17. The van der Waals surface area contributed by atoms with Crippen LogP contribution in [0.2, 0.25) is 0 Å². The summed E-state index contributed by atoms with van der Waals surface area (Å²) in [4.78, 5) is 0. The molecule has 15 heavy (non-hydrogen) atoms. The predicted molar refractivity (Wildman–Crippen MR) is 55.2 cm³/mol. The minimum Gasteiger partial charge on any atom is -0.393 e. The van der Waals surface area contributed by atoms with E-state index >= 15 is 0 Å². The van der Waals surface area contributed by atoms with Crippen LogP contribution in [0.5, 0.6) is 0 Å². The molecule has 1 aliphatic carbocycles. The third kappa shape index (κ3) is 2.76. The molecule has 0 unspecified atom stereocenters. The highest BCUT2D eigenvalue weighted by Gasteiger charge is 2.44. The highest BCUT2D eigenvalue weighted by molar-refractivity contribution is 5.13. The summed E-state index contributed by atoms with van der Waals surface area (Å²) in [6.45, 7) is 0.515. The number of halogens is 1. The van der Waals surface area contributed by atoms with Crippen molar-refractivity contribution in [3.05, 3.63) is 35.9 Å². The van der Waals surface area contributed by atoms with Gasteiger partial charge in [0.2, 0.25) is 0 Å². The van der Waals surface area contributed by atoms with Crippen LogP contribution in [-0.4, -0.2) is 23.5 Å². The number of benzene rings is 1. The van der Waals surface area contributed by atoms with Gasteiger partial charge in [-0.15, -0.1) is 0 Å². The molecule has 0 heterocycles. The lowest BCUT2D eigenvalue weighted by Gasteiger charge is -2.37. The minimum absolute atomic E-state index is 0.0823. The first-order chi connectivity index (χ1) is 7.18. The van der Waals surface area contributed by atoms with Crippen LogP contribution >= 0.6 is 0 Å². The monoisotopic (exact) mass is 210 g/mol. The molecule has 0 saturated heterocycles. The molecule has 82 valence electrons. The maximum Gasteiger partial charge on any atom is 0.139 e. The molecule has 3 heteroatoms. The second kappa shape index (κ2) is 4.29. The normalized spacial score (nSPS) is 29.9. The number of aliphatic hydroxyl groups is 1. The molecule has 2 rings (SSSR count). The van der Waals surface area contributed by atoms with Crippen LogP contribution in [0.1, 0.15) is 18.4 Å². The zero-order chi connectivity index (χ0) is 10.7. The molecule has 0 spiro atoms. The van der Waals surface area contributed by atoms with Gasteiger partial charge in [0, 0.05) is 12.8 Å². The van der Waals surface area contributed by atoms with Crippen molar-refractivity contribution in [3.63, 3.8) is 0 Å². The van der Waals surface area contributed by atoms with Crippen molar-refractivity contribution in [2.45, 2.75) is 31.2 Å². The number of hydrogen-bond donors (Lipinski definition) is 1. The van der Waals surface area contributed by atoms with Crippen LogP contribution in [0.3, 0.4) is 0 Å². The quantitative estimate of drug-likeness (QED) is 0.824. The van der Waals surface area contributed by atoms with Gasteiger partial charge in [0.15, 0.2) is 0 Å². The smallest absolute Gasteiger partial charge is 0.139 e. The lowest BCUT2D eigenvalue weighted by Crippen LogP contribution is -2.46. The second-order valence-electron chi connectivity index (χ2n) is 4.19. The van der Waals surface area contributed by atoms with Crippen LogP contribution in [-0.2, 0) is 11.3 Å². The fourth-order valence-electron chi connectivity index (χ4n) is 1.83. The predicted octanol–water partition coefficient (Wildman–Crippen LogP) is 2.07. The van der Waals surface area contributed by atoms with Crippen LogP contribution in [0, 0.1) is 0 Å². The van der Waals surface area contributed by atoms with Gasteiger partial charge in [-0.25, -0.2) is 4.39 Å². The zero-order valence-corrected chi connectivity index (χ0v) is 8.53. The molecule has 0 radical (unpaired) electrons. The van der Waals surface area contributed by atoms with Crippen LogP contribution < -0.4 is 0 Å². The Bertz CT molecular complexity index is 307. The number of hydrogen-bond acceptors (Lipinski definition) is 2. The summed E-state index contributed by atoms with van der Waals surface area (Å²) in [7, 11) is 0. The Kier molecular flexibility index (Phi) is 3.03. The fourth-order valence-corrected chi connectivity index (χ4v) is 1.83. The van der Waals surface area contributed by atoms with Gasteiger partial charge in [-0.1, -0.05) is 30.3 Å². The first kappa shape index (κ1) is 10.6. The Morgan fingerprint density at radius 3 is 2.60 bits per heavy atom. The molecule has 1 aromatic carbocycles. The molecule has 0 atom stereocenters. The van der Waals surface area contributed by atoms with Crippen LogP contribution in [0.4, 0.5) is 4.39 Å². The van der Waals surface area contributed by atoms with Gasteiger partial charge in [0.25, 0.3) is 0 Å². The molecular formula is C12H15FO2. The highest BCUT2D eigenvalue weighted by Crippen LogP contribution is 2.36. The Hall–Kier alpha value is -0.930. The van der Waals surface area contributed by atoms with E-state index < -0.39 is 11.8 Å². The standard InChI is InChI=1S/C12H15FO2/c13-12(6-11(14)7-12)9-15-8-10-4-2-1-3-5-10/h1-5,11,14H,6-9H2. The number of alkyl halides is 1. The fraction of sp³-hybridized carbons (Fsp3) is 0.500. The summed E-state index contributed by atoms with van der Waals surface area (Å²) < 4.78 is 18.9. The first-order valence-corrected chi connectivity index (χ1v) is 5.17. The lowest BCUT2D eigenvalue weighted by atomic mass is 9.80. The summed E-state index contributed by atoms with van der Waals surface area (Å²) in [6, 6.07) is 9.68. The largest absolute Gasteiger partial charge is 0.393 e. The third-order valence-corrected chi connectivity index (χ3v) is 2.68. The third-order valence-electron chi connectivity index (χ3n) is 2.68. The molecule has 0 bridgehead atoms. The zero-order valence-electron chi connectivity index (χ0n) is 8.53. The Morgan fingerprint density at radius 1 is 1.33 bits per heavy atom. The van der Waals surface area contributed by atoms with Crippen molar-refractivity contribution >= 4 is 0 Å². The SMILES string of the molecule is OC1CC(F)(COCc2ccccc2)C1. The van der Waals surface area contributed by atoms with E-state index in [1.165, 1.54) is 0 Å². The number of aliphatic hydroxyl groups excluding tert-OH is 1. The van der Waals surface area contributed by atoms with Crippen LogP contribution in [0.25, 0.3) is 0 Å². The maximum atomic E-state index is 13.6. The van der Waals surface area contributed by atoms with E-state index in [0.717, 1.165) is 5.56 Å². The van der Waals surface area contributed by atoms with Crippen molar-refractivity contribution in [1.82, 2.24) is 0 Å². The van der Waals surface area contributed by atoms with E-state index in [1.54, 1.807) is 0 Å². The Balaban J connectivity index is 1.72. The molecule has 0 amide bonds. The molecule has 2 nitrogen and oxygen atoms in total. The van der Waals surface area contributed by atoms with E-state index in [-0.39, 0.29) is 19.4 Å². The minimum atomic E-state index is -1.30. The topological polar surface area (TPSA) is 29.5 Å². The van der Waals surface area contributed by atoms with E-state index in [9.17, 15) is 4.39 Å². The lowest BCUT2D eigenvalue weighted by molar-refractivity contribution is -0.104. The molecule has 1 N–H and O–H groups in total. The maximum absolute atomic E-state index is 13.6.